The number of aromatic nitrogens is 7. The van der Waals surface area contributed by atoms with Crippen molar-refractivity contribution in [2.75, 3.05) is 5.73 Å². The van der Waals surface area contributed by atoms with Crippen LogP contribution in [0.1, 0.15) is 17.1 Å². The summed E-state index contributed by atoms with van der Waals surface area (Å²) < 4.78 is 17.8. The highest BCUT2D eigenvalue weighted by atomic mass is 19.1. The molecule has 4 aromatic heterocycles. The Hall–Kier alpha value is -4.38. The first-order valence-corrected chi connectivity index (χ1v) is 10.5. The number of nitrogens with zero attached hydrogens (tertiary/aromatic N) is 7. The van der Waals surface area contributed by atoms with Crippen molar-refractivity contribution < 1.29 is 9.50 Å². The van der Waals surface area contributed by atoms with Gasteiger partial charge in [0.1, 0.15) is 5.82 Å². The Bertz CT molecular complexity index is 1580. The maximum Gasteiger partial charge on any atom is 0.353 e. The van der Waals surface area contributed by atoms with E-state index in [0.29, 0.717) is 39.5 Å². The minimum absolute atomic E-state index is 0.0523. The fourth-order valence-corrected chi connectivity index (χ4v) is 3.95. The van der Waals surface area contributed by atoms with E-state index in [1.54, 1.807) is 49.1 Å². The molecule has 0 aliphatic carbocycles. The first-order valence-electron chi connectivity index (χ1n) is 10.5. The standard InChI is InChI=1S/C23H21FN8O2/c1-13-9-15(10-18(12-33)26-13)19-20(14-3-5-16(24)6-4-14)27-22(25)32-21(19)29-31(23(32)34)11-17-7-8-30(2)28-17/h3-10,33H,11-12H2,1-2H3,(H2,25,27). The molecule has 0 unspecified atom stereocenters. The number of fused-ring (bicyclic) bond motifs is 1. The van der Waals surface area contributed by atoms with Crippen LogP contribution < -0.4 is 11.4 Å². The Morgan fingerprint density at radius 2 is 1.79 bits per heavy atom. The summed E-state index contributed by atoms with van der Waals surface area (Å²) in [6.07, 6.45) is 1.78. The Morgan fingerprint density at radius 1 is 1.03 bits per heavy atom. The number of pyridine rings is 1. The van der Waals surface area contributed by atoms with E-state index >= 15 is 0 Å². The molecule has 0 bridgehead atoms. The summed E-state index contributed by atoms with van der Waals surface area (Å²) >= 11 is 0. The van der Waals surface area contributed by atoms with Crippen LogP contribution in [0.2, 0.25) is 0 Å². The van der Waals surface area contributed by atoms with Crippen LogP contribution in [0.25, 0.3) is 28.0 Å². The molecule has 11 heteroatoms. The van der Waals surface area contributed by atoms with E-state index in [1.807, 2.05) is 6.07 Å². The fraction of sp³-hybridized carbons (Fsp3) is 0.174. The van der Waals surface area contributed by atoms with Crippen molar-refractivity contribution in [3.05, 3.63) is 82.0 Å². The van der Waals surface area contributed by atoms with Crippen molar-refractivity contribution in [2.45, 2.75) is 20.1 Å². The zero-order valence-corrected chi connectivity index (χ0v) is 18.5. The van der Waals surface area contributed by atoms with Gasteiger partial charge in [0.25, 0.3) is 0 Å². The van der Waals surface area contributed by atoms with E-state index in [1.165, 1.54) is 21.2 Å². The van der Waals surface area contributed by atoms with Crippen molar-refractivity contribution in [1.82, 2.24) is 33.9 Å². The molecule has 34 heavy (non-hydrogen) atoms. The molecule has 0 fully saturated rings. The lowest BCUT2D eigenvalue weighted by atomic mass is 9.99. The van der Waals surface area contributed by atoms with Gasteiger partial charge < -0.3 is 10.8 Å². The summed E-state index contributed by atoms with van der Waals surface area (Å²) in [5, 5.41) is 18.6. The molecule has 10 nitrogen and oxygen atoms in total. The van der Waals surface area contributed by atoms with Gasteiger partial charge in [0, 0.05) is 24.5 Å². The smallest absolute Gasteiger partial charge is 0.353 e. The van der Waals surface area contributed by atoms with Gasteiger partial charge in [0.05, 0.1) is 35.8 Å². The first kappa shape index (κ1) is 21.5. The monoisotopic (exact) mass is 460 g/mol. The normalized spacial score (nSPS) is 11.4. The maximum atomic E-state index is 13.6. The quantitative estimate of drug-likeness (QED) is 0.410. The van der Waals surface area contributed by atoms with Crippen LogP contribution >= 0.6 is 0 Å². The highest BCUT2D eigenvalue weighted by Crippen LogP contribution is 2.35. The Balaban J connectivity index is 1.82. The zero-order chi connectivity index (χ0) is 24.0. The summed E-state index contributed by atoms with van der Waals surface area (Å²) in [6.45, 7) is 1.68. The minimum atomic E-state index is -0.467. The summed E-state index contributed by atoms with van der Waals surface area (Å²) in [4.78, 5) is 22.1. The average molecular weight is 460 g/mol. The van der Waals surface area contributed by atoms with Gasteiger partial charge in [-0.05, 0) is 55.0 Å². The van der Waals surface area contributed by atoms with Crippen molar-refractivity contribution >= 4 is 11.6 Å². The molecule has 0 radical (unpaired) electrons. The summed E-state index contributed by atoms with van der Waals surface area (Å²) in [7, 11) is 1.79. The molecule has 172 valence electrons. The number of aliphatic hydroxyl groups is 1. The first-order chi connectivity index (χ1) is 16.3. The Morgan fingerprint density at radius 3 is 2.47 bits per heavy atom. The fourth-order valence-electron chi connectivity index (χ4n) is 3.95. The van der Waals surface area contributed by atoms with Gasteiger partial charge in [0.2, 0.25) is 5.95 Å². The van der Waals surface area contributed by atoms with Gasteiger partial charge in [-0.3, -0.25) is 9.67 Å². The van der Waals surface area contributed by atoms with Gasteiger partial charge >= 0.3 is 5.69 Å². The van der Waals surface area contributed by atoms with Gasteiger partial charge in [-0.25, -0.2) is 23.3 Å². The molecule has 1 aromatic carbocycles. The molecule has 0 aliphatic rings. The molecule has 5 rings (SSSR count). The summed E-state index contributed by atoms with van der Waals surface area (Å²) in [5.41, 5.74) is 9.98. The number of benzene rings is 1. The van der Waals surface area contributed by atoms with Crippen LogP contribution in [0.3, 0.4) is 0 Å². The number of rotatable bonds is 5. The van der Waals surface area contributed by atoms with E-state index in [0.717, 1.165) is 0 Å². The highest BCUT2D eigenvalue weighted by Gasteiger charge is 2.22. The number of hydrogen-bond acceptors (Lipinski definition) is 7. The molecule has 0 saturated heterocycles. The van der Waals surface area contributed by atoms with Gasteiger partial charge in [0.15, 0.2) is 5.65 Å². The Labute approximate surface area is 192 Å². The number of nitrogen functional groups attached to an aromatic ring is 1. The van der Waals surface area contributed by atoms with Crippen LogP contribution in [0, 0.1) is 12.7 Å². The molecule has 0 amide bonds. The topological polar surface area (TPSA) is 129 Å². The second-order valence-corrected chi connectivity index (χ2v) is 7.93. The Kier molecular flexibility index (Phi) is 5.17. The van der Waals surface area contributed by atoms with E-state index < -0.39 is 11.5 Å². The largest absolute Gasteiger partial charge is 0.390 e. The molecule has 0 aliphatic heterocycles. The lowest BCUT2D eigenvalue weighted by molar-refractivity contribution is 0.276. The highest BCUT2D eigenvalue weighted by molar-refractivity contribution is 5.90. The van der Waals surface area contributed by atoms with Crippen LogP contribution in [0.5, 0.6) is 0 Å². The second-order valence-electron chi connectivity index (χ2n) is 7.93. The van der Waals surface area contributed by atoms with Crippen LogP contribution in [-0.4, -0.2) is 39.0 Å². The summed E-state index contributed by atoms with van der Waals surface area (Å²) in [5.74, 6) is -0.443. The lowest BCUT2D eigenvalue weighted by Crippen LogP contribution is -2.24. The second kappa shape index (κ2) is 8.19. The van der Waals surface area contributed by atoms with Crippen LogP contribution in [0.4, 0.5) is 10.3 Å². The third-order valence-corrected chi connectivity index (χ3v) is 5.41. The van der Waals surface area contributed by atoms with E-state index in [4.69, 9.17) is 5.73 Å². The summed E-state index contributed by atoms with van der Waals surface area (Å²) in [6, 6.07) is 11.1. The number of aryl methyl sites for hydroxylation is 2. The van der Waals surface area contributed by atoms with Crippen molar-refractivity contribution in [1.29, 1.82) is 0 Å². The van der Waals surface area contributed by atoms with E-state index in [2.05, 4.69) is 20.2 Å². The maximum absolute atomic E-state index is 13.6. The zero-order valence-electron chi connectivity index (χ0n) is 18.5. The van der Waals surface area contributed by atoms with Crippen LogP contribution in [0.15, 0.2) is 53.5 Å². The molecular weight excluding hydrogens is 439 g/mol. The predicted molar refractivity (Wildman–Crippen MR) is 123 cm³/mol. The number of halogens is 1. The predicted octanol–water partition coefficient (Wildman–Crippen LogP) is 1.92. The minimum Gasteiger partial charge on any atom is -0.390 e. The van der Waals surface area contributed by atoms with E-state index in [-0.39, 0.29) is 24.7 Å². The van der Waals surface area contributed by atoms with Crippen molar-refractivity contribution in [2.24, 2.45) is 7.05 Å². The van der Waals surface area contributed by atoms with Gasteiger partial charge in [-0.15, -0.1) is 5.10 Å². The third-order valence-electron chi connectivity index (χ3n) is 5.41. The SMILES string of the molecule is Cc1cc(-c2c(-c3ccc(F)cc3)nc(N)n3c(=O)n(Cc4ccn(C)n4)nc23)cc(CO)n1. The number of hydrogen-bond donors (Lipinski definition) is 2. The molecule has 4 heterocycles. The molecule has 0 saturated carbocycles. The number of anilines is 1. The van der Waals surface area contributed by atoms with Crippen LogP contribution in [-0.2, 0) is 20.2 Å². The van der Waals surface area contributed by atoms with E-state index in [9.17, 15) is 14.3 Å². The number of nitrogens with two attached hydrogens (primary N) is 1. The van der Waals surface area contributed by atoms with Crippen molar-refractivity contribution in [3.8, 4) is 22.4 Å². The number of aliphatic hydroxyl groups excluding tert-OH is 1. The van der Waals surface area contributed by atoms with Crippen molar-refractivity contribution in [3.63, 3.8) is 0 Å². The lowest BCUT2D eigenvalue weighted by Gasteiger charge is -2.13. The molecule has 0 atom stereocenters. The molecule has 3 N–H and O–H groups in total. The molecule has 5 aromatic rings. The van der Waals surface area contributed by atoms with Gasteiger partial charge in [-0.2, -0.15) is 5.10 Å². The average Bonchev–Trinajstić information content (AvgIpc) is 3.36. The molecular formula is C23H21FN8O2. The van der Waals surface area contributed by atoms with Gasteiger partial charge in [-0.1, -0.05) is 0 Å². The third kappa shape index (κ3) is 3.71. The molecule has 0 spiro atoms.